The Hall–Kier alpha value is -2.00. The second kappa shape index (κ2) is 6.62. The Labute approximate surface area is 153 Å². The summed E-state index contributed by atoms with van der Waals surface area (Å²) in [4.78, 5) is 17.3. The molecule has 8 nitrogen and oxygen atoms in total. The lowest BCUT2D eigenvalue weighted by Gasteiger charge is -2.43. The fourth-order valence-electron chi connectivity index (χ4n) is 4.04. The average molecular weight is 376 g/mol. The number of nitrogens with zero attached hydrogens (tertiary/aromatic N) is 6. The van der Waals surface area contributed by atoms with Gasteiger partial charge in [0.05, 0.1) is 29.6 Å². The highest BCUT2D eigenvalue weighted by atomic mass is 32.2. The highest BCUT2D eigenvalue weighted by molar-refractivity contribution is 7.91. The zero-order valence-electron chi connectivity index (χ0n) is 15.1. The molecule has 2 aliphatic heterocycles. The maximum Gasteiger partial charge on any atom is 0.225 e. The summed E-state index contributed by atoms with van der Waals surface area (Å²) in [7, 11) is -3.07. The lowest BCUT2D eigenvalue weighted by molar-refractivity contribution is 0.155. The normalized spacial score (nSPS) is 25.6. The minimum Gasteiger partial charge on any atom is -0.334 e. The molecule has 2 saturated heterocycles. The summed E-state index contributed by atoms with van der Waals surface area (Å²) in [5.74, 6) is 0.971. The predicted molar refractivity (Wildman–Crippen MR) is 98.6 cm³/mol. The van der Waals surface area contributed by atoms with Crippen LogP contribution in [0.25, 0.3) is 0 Å². The Bertz CT molecular complexity index is 866. The topological polar surface area (TPSA) is 84.2 Å². The molecular formula is C17H24N6O2S. The number of aromatic nitrogens is 4. The van der Waals surface area contributed by atoms with Crippen LogP contribution in [0.15, 0.2) is 31.0 Å². The maximum atomic E-state index is 12.4. The largest absolute Gasteiger partial charge is 0.334 e. The number of anilines is 1. The van der Waals surface area contributed by atoms with E-state index in [9.17, 15) is 8.42 Å². The minimum absolute atomic E-state index is 0.0481. The number of imidazole rings is 1. The van der Waals surface area contributed by atoms with E-state index >= 15 is 0 Å². The van der Waals surface area contributed by atoms with E-state index < -0.39 is 9.84 Å². The molecule has 0 unspecified atom stereocenters. The van der Waals surface area contributed by atoms with Crippen molar-refractivity contribution in [1.82, 2.24) is 24.4 Å². The molecule has 2 fully saturated rings. The number of rotatable bonds is 4. The molecule has 0 spiro atoms. The van der Waals surface area contributed by atoms with Crippen molar-refractivity contribution in [2.24, 2.45) is 0 Å². The Kier molecular flexibility index (Phi) is 4.44. The van der Waals surface area contributed by atoms with Crippen molar-refractivity contribution in [2.45, 2.75) is 38.5 Å². The van der Waals surface area contributed by atoms with Crippen LogP contribution in [-0.4, -0.2) is 69.5 Å². The van der Waals surface area contributed by atoms with Gasteiger partial charge in [-0.25, -0.2) is 23.4 Å². The SMILES string of the molecule is CC(C)n1cncc1CN1CCN(c2ncccn2)[C@@H]2CS(=O)(=O)C[C@@H]21. The van der Waals surface area contributed by atoms with Crippen molar-refractivity contribution in [3.63, 3.8) is 0 Å². The first-order valence-electron chi connectivity index (χ1n) is 8.93. The Balaban J connectivity index is 1.60. The van der Waals surface area contributed by atoms with Crippen LogP contribution in [0, 0.1) is 0 Å². The first-order valence-corrected chi connectivity index (χ1v) is 10.8. The first kappa shape index (κ1) is 17.4. The van der Waals surface area contributed by atoms with Crippen LogP contribution in [0.5, 0.6) is 0 Å². The van der Waals surface area contributed by atoms with Gasteiger partial charge in [-0.05, 0) is 19.9 Å². The number of piperazine rings is 1. The van der Waals surface area contributed by atoms with Crippen LogP contribution in [0.3, 0.4) is 0 Å². The summed E-state index contributed by atoms with van der Waals surface area (Å²) in [6.45, 7) is 6.45. The maximum absolute atomic E-state index is 12.4. The molecule has 140 valence electrons. The Morgan fingerprint density at radius 1 is 1.15 bits per heavy atom. The third kappa shape index (κ3) is 3.21. The van der Waals surface area contributed by atoms with E-state index in [0.717, 1.165) is 18.8 Å². The second-order valence-electron chi connectivity index (χ2n) is 7.31. The van der Waals surface area contributed by atoms with Crippen LogP contribution in [-0.2, 0) is 16.4 Å². The Morgan fingerprint density at radius 3 is 2.62 bits per heavy atom. The van der Waals surface area contributed by atoms with E-state index in [1.807, 2.05) is 12.5 Å². The quantitative estimate of drug-likeness (QED) is 0.778. The zero-order valence-corrected chi connectivity index (χ0v) is 15.9. The van der Waals surface area contributed by atoms with E-state index in [0.29, 0.717) is 18.5 Å². The fraction of sp³-hybridized carbons (Fsp3) is 0.588. The summed E-state index contributed by atoms with van der Waals surface area (Å²) in [6, 6.07) is 1.95. The summed E-state index contributed by atoms with van der Waals surface area (Å²) < 4.78 is 26.9. The van der Waals surface area contributed by atoms with Crippen LogP contribution in [0.1, 0.15) is 25.6 Å². The van der Waals surface area contributed by atoms with Gasteiger partial charge in [0.1, 0.15) is 0 Å². The van der Waals surface area contributed by atoms with Crippen LogP contribution >= 0.6 is 0 Å². The van der Waals surface area contributed by atoms with Crippen molar-refractivity contribution >= 4 is 15.8 Å². The lowest BCUT2D eigenvalue weighted by atomic mass is 10.0. The molecule has 2 aliphatic rings. The smallest absolute Gasteiger partial charge is 0.225 e. The molecule has 9 heteroatoms. The van der Waals surface area contributed by atoms with Gasteiger partial charge >= 0.3 is 0 Å². The summed E-state index contributed by atoms with van der Waals surface area (Å²) in [5, 5.41) is 0. The molecule has 2 aromatic rings. The van der Waals surface area contributed by atoms with Crippen LogP contribution < -0.4 is 4.90 Å². The molecule has 4 heterocycles. The Morgan fingerprint density at radius 2 is 1.88 bits per heavy atom. The van der Waals surface area contributed by atoms with E-state index in [2.05, 4.69) is 43.2 Å². The molecule has 0 saturated carbocycles. The zero-order chi connectivity index (χ0) is 18.3. The third-order valence-electron chi connectivity index (χ3n) is 5.27. The fourth-order valence-corrected chi connectivity index (χ4v) is 6.05. The van der Waals surface area contributed by atoms with Crippen molar-refractivity contribution in [1.29, 1.82) is 0 Å². The van der Waals surface area contributed by atoms with Gasteiger partial charge in [0.25, 0.3) is 0 Å². The van der Waals surface area contributed by atoms with Gasteiger partial charge in [0, 0.05) is 50.3 Å². The van der Waals surface area contributed by atoms with E-state index in [-0.39, 0.29) is 23.6 Å². The number of sulfone groups is 1. The third-order valence-corrected chi connectivity index (χ3v) is 6.97. The van der Waals surface area contributed by atoms with Gasteiger partial charge in [0.15, 0.2) is 9.84 Å². The molecule has 0 aromatic carbocycles. The average Bonchev–Trinajstić information content (AvgIpc) is 3.19. The van der Waals surface area contributed by atoms with Gasteiger partial charge in [-0.2, -0.15) is 0 Å². The molecular weight excluding hydrogens is 352 g/mol. The van der Waals surface area contributed by atoms with Crippen molar-refractivity contribution < 1.29 is 8.42 Å². The molecule has 0 amide bonds. The van der Waals surface area contributed by atoms with Crippen molar-refractivity contribution in [2.75, 3.05) is 29.5 Å². The molecule has 0 N–H and O–H groups in total. The van der Waals surface area contributed by atoms with Crippen LogP contribution in [0.4, 0.5) is 5.95 Å². The second-order valence-corrected chi connectivity index (χ2v) is 9.46. The standard InChI is InChI=1S/C17H24N6O2S/c1-13(2)23-12-18-8-14(23)9-21-6-7-22(17-19-4-3-5-20-17)16-11-26(24,25)10-15(16)21/h3-5,8,12-13,15-16H,6-7,9-11H2,1-2H3/t15-,16+/m0/s1. The summed E-state index contributed by atoms with van der Waals surface area (Å²) >= 11 is 0. The van der Waals surface area contributed by atoms with Crippen molar-refractivity contribution in [3.8, 4) is 0 Å². The first-order chi connectivity index (χ1) is 12.4. The molecule has 2 aromatic heterocycles. The van der Waals surface area contributed by atoms with Gasteiger partial charge in [-0.3, -0.25) is 4.90 Å². The number of hydrogen-bond acceptors (Lipinski definition) is 7. The highest BCUT2D eigenvalue weighted by Gasteiger charge is 2.47. The van der Waals surface area contributed by atoms with Gasteiger partial charge < -0.3 is 9.47 Å². The predicted octanol–water partition coefficient (Wildman–Crippen LogP) is 0.742. The number of hydrogen-bond donors (Lipinski definition) is 0. The number of fused-ring (bicyclic) bond motifs is 1. The molecule has 0 aliphatic carbocycles. The minimum atomic E-state index is -3.07. The summed E-state index contributed by atoms with van der Waals surface area (Å²) in [5.41, 5.74) is 1.12. The van der Waals surface area contributed by atoms with Gasteiger partial charge in [-0.1, -0.05) is 0 Å². The van der Waals surface area contributed by atoms with Gasteiger partial charge in [0.2, 0.25) is 5.95 Å². The van der Waals surface area contributed by atoms with E-state index in [1.165, 1.54) is 0 Å². The molecule has 4 rings (SSSR count). The molecule has 0 bridgehead atoms. The lowest BCUT2D eigenvalue weighted by Crippen LogP contribution is -2.59. The van der Waals surface area contributed by atoms with E-state index in [1.54, 1.807) is 18.5 Å². The van der Waals surface area contributed by atoms with Crippen molar-refractivity contribution in [3.05, 3.63) is 36.7 Å². The monoisotopic (exact) mass is 376 g/mol. The highest BCUT2D eigenvalue weighted by Crippen LogP contribution is 2.30. The van der Waals surface area contributed by atoms with Crippen LogP contribution in [0.2, 0.25) is 0 Å². The molecule has 2 atom stereocenters. The molecule has 0 radical (unpaired) electrons. The van der Waals surface area contributed by atoms with E-state index in [4.69, 9.17) is 0 Å². The summed E-state index contributed by atoms with van der Waals surface area (Å²) in [6.07, 6.45) is 7.13. The van der Waals surface area contributed by atoms with Gasteiger partial charge in [-0.15, -0.1) is 0 Å². The molecule has 26 heavy (non-hydrogen) atoms.